The van der Waals surface area contributed by atoms with Gasteiger partial charge in [-0.15, -0.1) is 0 Å². The molecule has 1 fully saturated rings. The van der Waals surface area contributed by atoms with Gasteiger partial charge in [-0.1, -0.05) is 12.1 Å². The van der Waals surface area contributed by atoms with Gasteiger partial charge in [0.05, 0.1) is 4.92 Å². The lowest BCUT2D eigenvalue weighted by atomic mass is 10.2. The van der Waals surface area contributed by atoms with Crippen LogP contribution in [-0.4, -0.2) is 24.1 Å². The molecule has 5 heteroatoms. The maximum absolute atomic E-state index is 10.8. The Morgan fingerprint density at radius 2 is 2.20 bits per heavy atom. The van der Waals surface area contributed by atoms with Gasteiger partial charge in [0, 0.05) is 25.2 Å². The number of nitro groups is 1. The average molecular weight is 207 g/mol. The lowest BCUT2D eigenvalue weighted by Gasteiger charge is -2.17. The van der Waals surface area contributed by atoms with Gasteiger partial charge in [0.15, 0.2) is 0 Å². The first-order chi connectivity index (χ1) is 7.18. The lowest BCUT2D eigenvalue weighted by Crippen LogP contribution is -2.26. The van der Waals surface area contributed by atoms with Crippen molar-refractivity contribution in [2.75, 3.05) is 18.0 Å². The van der Waals surface area contributed by atoms with E-state index in [1.165, 1.54) is 6.07 Å². The second kappa shape index (κ2) is 3.86. The molecule has 0 radical (unpaired) electrons. The Kier molecular flexibility index (Phi) is 2.55. The Morgan fingerprint density at radius 3 is 2.80 bits per heavy atom. The van der Waals surface area contributed by atoms with Crippen LogP contribution in [0.5, 0.6) is 0 Å². The Labute approximate surface area is 87.6 Å². The molecule has 80 valence electrons. The maximum atomic E-state index is 10.8. The summed E-state index contributed by atoms with van der Waals surface area (Å²) in [6, 6.07) is 6.92. The number of para-hydroxylation sites is 2. The fourth-order valence-corrected chi connectivity index (χ4v) is 1.89. The minimum absolute atomic E-state index is 0.129. The van der Waals surface area contributed by atoms with E-state index in [0.29, 0.717) is 12.2 Å². The number of anilines is 1. The van der Waals surface area contributed by atoms with Crippen LogP contribution in [0.25, 0.3) is 0 Å². The van der Waals surface area contributed by atoms with Crippen molar-refractivity contribution in [2.45, 2.75) is 12.5 Å². The Hall–Kier alpha value is -1.62. The fourth-order valence-electron chi connectivity index (χ4n) is 1.89. The normalized spacial score (nSPS) is 20.6. The summed E-state index contributed by atoms with van der Waals surface area (Å²) in [4.78, 5) is 12.4. The predicted octanol–water partition coefficient (Wildman–Crippen LogP) is 1.13. The third kappa shape index (κ3) is 1.92. The molecule has 0 aromatic heterocycles. The molecule has 1 aromatic carbocycles. The monoisotopic (exact) mass is 207 g/mol. The summed E-state index contributed by atoms with van der Waals surface area (Å²) in [6.07, 6.45) is 0.895. The number of hydrogen-bond donors (Lipinski definition) is 1. The van der Waals surface area contributed by atoms with Gasteiger partial charge in [-0.05, 0) is 12.5 Å². The van der Waals surface area contributed by atoms with E-state index < -0.39 is 0 Å². The molecule has 1 atom stereocenters. The van der Waals surface area contributed by atoms with Crippen LogP contribution in [0.2, 0.25) is 0 Å². The summed E-state index contributed by atoms with van der Waals surface area (Å²) in [7, 11) is 0. The summed E-state index contributed by atoms with van der Waals surface area (Å²) >= 11 is 0. The standard InChI is InChI=1S/C10H13N3O2/c11-8-5-6-12(7-8)9-3-1-2-4-10(9)13(14)15/h1-4,8H,5-7,11H2/t8-/m0/s1. The molecule has 0 bridgehead atoms. The van der Waals surface area contributed by atoms with Crippen molar-refractivity contribution in [1.82, 2.24) is 0 Å². The highest BCUT2D eigenvalue weighted by atomic mass is 16.6. The number of nitro benzene ring substituents is 1. The molecular formula is C10H13N3O2. The summed E-state index contributed by atoms with van der Waals surface area (Å²) < 4.78 is 0. The lowest BCUT2D eigenvalue weighted by molar-refractivity contribution is -0.384. The largest absolute Gasteiger partial charge is 0.364 e. The molecule has 0 aliphatic carbocycles. The molecule has 2 N–H and O–H groups in total. The molecule has 1 heterocycles. The van der Waals surface area contributed by atoms with Gasteiger partial charge in [-0.25, -0.2) is 0 Å². The molecule has 0 saturated carbocycles. The van der Waals surface area contributed by atoms with E-state index in [2.05, 4.69) is 0 Å². The Bertz CT molecular complexity index is 381. The second-order valence-electron chi connectivity index (χ2n) is 3.74. The van der Waals surface area contributed by atoms with Gasteiger partial charge < -0.3 is 10.6 Å². The summed E-state index contributed by atoms with van der Waals surface area (Å²) in [6.45, 7) is 1.50. The van der Waals surface area contributed by atoms with Crippen molar-refractivity contribution < 1.29 is 4.92 Å². The van der Waals surface area contributed by atoms with Crippen molar-refractivity contribution in [3.63, 3.8) is 0 Å². The zero-order valence-corrected chi connectivity index (χ0v) is 8.30. The Morgan fingerprint density at radius 1 is 1.47 bits per heavy atom. The predicted molar refractivity (Wildman–Crippen MR) is 57.9 cm³/mol. The van der Waals surface area contributed by atoms with Gasteiger partial charge in [0.25, 0.3) is 5.69 Å². The minimum atomic E-state index is -0.348. The number of nitrogens with zero attached hydrogens (tertiary/aromatic N) is 2. The molecule has 5 nitrogen and oxygen atoms in total. The number of rotatable bonds is 2. The van der Waals surface area contributed by atoms with E-state index >= 15 is 0 Å². The zero-order valence-electron chi connectivity index (χ0n) is 8.30. The minimum Gasteiger partial charge on any atom is -0.364 e. The van der Waals surface area contributed by atoms with Gasteiger partial charge in [0.2, 0.25) is 0 Å². The molecule has 1 aliphatic rings. The zero-order chi connectivity index (χ0) is 10.8. The van der Waals surface area contributed by atoms with Crippen LogP contribution < -0.4 is 10.6 Å². The highest BCUT2D eigenvalue weighted by Gasteiger charge is 2.24. The highest BCUT2D eigenvalue weighted by molar-refractivity contribution is 5.63. The van der Waals surface area contributed by atoms with E-state index in [4.69, 9.17) is 5.73 Å². The van der Waals surface area contributed by atoms with Gasteiger partial charge in [-0.3, -0.25) is 10.1 Å². The summed E-state index contributed by atoms with van der Waals surface area (Å²) in [5, 5.41) is 10.8. The average Bonchev–Trinajstić information content (AvgIpc) is 2.65. The van der Waals surface area contributed by atoms with Crippen LogP contribution >= 0.6 is 0 Å². The number of hydrogen-bond acceptors (Lipinski definition) is 4. The van der Waals surface area contributed by atoms with Gasteiger partial charge in [0.1, 0.15) is 5.69 Å². The Balaban J connectivity index is 2.31. The van der Waals surface area contributed by atoms with E-state index in [-0.39, 0.29) is 16.7 Å². The van der Waals surface area contributed by atoms with Crippen LogP contribution in [0.3, 0.4) is 0 Å². The van der Waals surface area contributed by atoms with Crippen molar-refractivity contribution >= 4 is 11.4 Å². The first-order valence-electron chi connectivity index (χ1n) is 4.92. The molecule has 1 aromatic rings. The molecule has 0 spiro atoms. The first-order valence-corrected chi connectivity index (χ1v) is 4.92. The molecule has 15 heavy (non-hydrogen) atoms. The van der Waals surface area contributed by atoms with Gasteiger partial charge >= 0.3 is 0 Å². The van der Waals surface area contributed by atoms with E-state index in [9.17, 15) is 10.1 Å². The summed E-state index contributed by atoms with van der Waals surface area (Å²) in [5.41, 5.74) is 6.61. The van der Waals surface area contributed by atoms with Crippen LogP contribution in [0, 0.1) is 10.1 Å². The molecule has 0 amide bonds. The quantitative estimate of drug-likeness (QED) is 0.583. The topological polar surface area (TPSA) is 72.4 Å². The molecule has 1 aliphatic heterocycles. The van der Waals surface area contributed by atoms with E-state index in [1.54, 1.807) is 12.1 Å². The van der Waals surface area contributed by atoms with Gasteiger partial charge in [-0.2, -0.15) is 0 Å². The smallest absolute Gasteiger partial charge is 0.292 e. The van der Waals surface area contributed by atoms with Crippen LogP contribution in [0.1, 0.15) is 6.42 Å². The SMILES string of the molecule is N[C@H]1CCN(c2ccccc2[N+](=O)[O-])C1. The maximum Gasteiger partial charge on any atom is 0.292 e. The second-order valence-corrected chi connectivity index (χ2v) is 3.74. The van der Waals surface area contributed by atoms with Crippen molar-refractivity contribution in [2.24, 2.45) is 5.73 Å². The molecule has 2 rings (SSSR count). The highest BCUT2D eigenvalue weighted by Crippen LogP contribution is 2.29. The number of benzene rings is 1. The molecule has 1 saturated heterocycles. The third-order valence-corrected chi connectivity index (χ3v) is 2.64. The van der Waals surface area contributed by atoms with Crippen LogP contribution in [-0.2, 0) is 0 Å². The van der Waals surface area contributed by atoms with Crippen molar-refractivity contribution in [3.05, 3.63) is 34.4 Å². The molecular weight excluding hydrogens is 194 g/mol. The van der Waals surface area contributed by atoms with Crippen molar-refractivity contribution in [3.8, 4) is 0 Å². The van der Waals surface area contributed by atoms with Crippen LogP contribution in [0.4, 0.5) is 11.4 Å². The van der Waals surface area contributed by atoms with E-state index in [0.717, 1.165) is 13.0 Å². The fraction of sp³-hybridized carbons (Fsp3) is 0.400. The third-order valence-electron chi connectivity index (χ3n) is 2.64. The van der Waals surface area contributed by atoms with E-state index in [1.807, 2.05) is 11.0 Å². The van der Waals surface area contributed by atoms with Crippen molar-refractivity contribution in [1.29, 1.82) is 0 Å². The molecule has 0 unspecified atom stereocenters. The summed E-state index contributed by atoms with van der Waals surface area (Å²) in [5.74, 6) is 0. The number of nitrogens with two attached hydrogens (primary N) is 1. The van der Waals surface area contributed by atoms with Crippen LogP contribution in [0.15, 0.2) is 24.3 Å². The first kappa shape index (κ1) is 9.92.